The normalized spacial score (nSPS) is 14.0. The van der Waals surface area contributed by atoms with Gasteiger partial charge in [0.15, 0.2) is 0 Å². The van der Waals surface area contributed by atoms with Crippen LogP contribution < -0.4 is 10.1 Å². The number of aromatic nitrogens is 4. The molecule has 1 N–H and O–H groups in total. The summed E-state index contributed by atoms with van der Waals surface area (Å²) in [6.07, 6.45) is 2.47. The lowest BCUT2D eigenvalue weighted by atomic mass is 10.1. The Balaban J connectivity index is 1.46. The second-order valence-corrected chi connectivity index (χ2v) is 9.44. The van der Waals surface area contributed by atoms with E-state index in [1.807, 2.05) is 13.0 Å². The number of aryl methyl sites for hydroxylation is 1. The quantitative estimate of drug-likeness (QED) is 0.335. The Bertz CT molecular complexity index is 1480. The summed E-state index contributed by atoms with van der Waals surface area (Å²) in [4.78, 5) is 19.5. The number of methoxy groups -OCH3 is 1. The van der Waals surface area contributed by atoms with Gasteiger partial charge in [-0.05, 0) is 74.8 Å². The van der Waals surface area contributed by atoms with Gasteiger partial charge in [-0.25, -0.2) is 4.68 Å². The predicted molar refractivity (Wildman–Crippen MR) is 140 cm³/mol. The number of pyridine rings is 1. The van der Waals surface area contributed by atoms with E-state index < -0.39 is 17.6 Å². The third-order valence-electron chi connectivity index (χ3n) is 6.71. The fraction of sp³-hybridized carbons (Fsp3) is 0.286. The van der Waals surface area contributed by atoms with E-state index in [0.29, 0.717) is 23.5 Å². The first-order valence-corrected chi connectivity index (χ1v) is 12.5. The van der Waals surface area contributed by atoms with Crippen molar-refractivity contribution in [2.75, 3.05) is 25.5 Å². The molecule has 8 nitrogen and oxygen atoms in total. The molecule has 5 rings (SSSR count). The minimum absolute atomic E-state index is 0.0340. The Labute approximate surface area is 223 Å². The number of nitrogens with zero attached hydrogens (tertiary/aromatic N) is 5. The highest BCUT2D eigenvalue weighted by Gasteiger charge is 2.33. The van der Waals surface area contributed by atoms with Crippen molar-refractivity contribution in [2.45, 2.75) is 32.5 Å². The first-order valence-electron chi connectivity index (χ1n) is 12.5. The van der Waals surface area contributed by atoms with E-state index in [9.17, 15) is 18.0 Å². The standard InChI is InChI=1S/C28H27F3N6O2/c1-18-7-8-19(13-25(18)37-17-24(34-35-37)20-6-5-9-32-15-20)27(38)33-23-14-22(28(29,30)31)12-21(26(23)39-2)16-36-10-3-4-11-36/h5-9,12-15,17H,3-4,10-11,16H2,1-2H3,(H,33,38). The molecule has 202 valence electrons. The number of rotatable bonds is 7. The number of amides is 1. The number of anilines is 1. The van der Waals surface area contributed by atoms with Gasteiger partial charge in [-0.2, -0.15) is 13.2 Å². The van der Waals surface area contributed by atoms with Crippen LogP contribution in [0.15, 0.2) is 61.1 Å². The van der Waals surface area contributed by atoms with E-state index in [1.165, 1.54) is 7.11 Å². The number of ether oxygens (including phenoxy) is 1. The summed E-state index contributed by atoms with van der Waals surface area (Å²) in [5.41, 5.74) is 2.58. The Hall–Kier alpha value is -4.25. The molecule has 0 radical (unpaired) electrons. The van der Waals surface area contributed by atoms with Crippen molar-refractivity contribution in [3.05, 3.63) is 83.3 Å². The van der Waals surface area contributed by atoms with Crippen LogP contribution in [-0.4, -0.2) is 51.0 Å². The Kier molecular flexibility index (Phi) is 7.34. The van der Waals surface area contributed by atoms with Gasteiger partial charge in [0.2, 0.25) is 0 Å². The number of carbonyl (C=O) groups is 1. The first kappa shape index (κ1) is 26.4. The molecular formula is C28H27F3N6O2. The molecule has 4 aromatic rings. The van der Waals surface area contributed by atoms with E-state index >= 15 is 0 Å². The van der Waals surface area contributed by atoms with Crippen molar-refractivity contribution >= 4 is 11.6 Å². The number of benzene rings is 2. The summed E-state index contributed by atoms with van der Waals surface area (Å²) in [5.74, 6) is -0.360. The molecule has 39 heavy (non-hydrogen) atoms. The zero-order valence-electron chi connectivity index (χ0n) is 21.5. The minimum Gasteiger partial charge on any atom is -0.494 e. The van der Waals surface area contributed by atoms with Crippen molar-refractivity contribution < 1.29 is 22.7 Å². The summed E-state index contributed by atoms with van der Waals surface area (Å²) in [6, 6.07) is 10.6. The maximum atomic E-state index is 13.8. The van der Waals surface area contributed by atoms with Crippen LogP contribution in [0.1, 0.15) is 39.9 Å². The second-order valence-electron chi connectivity index (χ2n) is 9.44. The number of nitrogens with one attached hydrogen (secondary N) is 1. The molecular weight excluding hydrogens is 509 g/mol. The van der Waals surface area contributed by atoms with E-state index in [0.717, 1.165) is 49.2 Å². The lowest BCUT2D eigenvalue weighted by Crippen LogP contribution is -2.21. The summed E-state index contributed by atoms with van der Waals surface area (Å²) in [5, 5.41) is 11.0. The van der Waals surface area contributed by atoms with Crippen LogP contribution in [0.25, 0.3) is 16.9 Å². The Morgan fingerprint density at radius 1 is 1.13 bits per heavy atom. The molecule has 0 saturated carbocycles. The van der Waals surface area contributed by atoms with E-state index in [-0.39, 0.29) is 17.0 Å². The average molecular weight is 537 g/mol. The van der Waals surface area contributed by atoms with Gasteiger partial charge in [-0.3, -0.25) is 14.7 Å². The van der Waals surface area contributed by atoms with Gasteiger partial charge >= 0.3 is 6.18 Å². The van der Waals surface area contributed by atoms with Gasteiger partial charge in [-0.1, -0.05) is 11.3 Å². The topological polar surface area (TPSA) is 85.2 Å². The van der Waals surface area contributed by atoms with Crippen molar-refractivity contribution in [3.8, 4) is 22.7 Å². The molecule has 0 atom stereocenters. The molecule has 0 aliphatic carbocycles. The number of hydrogen-bond acceptors (Lipinski definition) is 6. The molecule has 3 heterocycles. The van der Waals surface area contributed by atoms with Gasteiger partial charge in [0.05, 0.1) is 30.2 Å². The maximum absolute atomic E-state index is 13.8. The zero-order valence-corrected chi connectivity index (χ0v) is 21.5. The highest BCUT2D eigenvalue weighted by atomic mass is 19.4. The summed E-state index contributed by atoms with van der Waals surface area (Å²) < 4.78 is 48.4. The molecule has 1 saturated heterocycles. The van der Waals surface area contributed by atoms with E-state index in [4.69, 9.17) is 4.74 Å². The number of halogens is 3. The third-order valence-corrected chi connectivity index (χ3v) is 6.71. The number of alkyl halides is 3. The lowest BCUT2D eigenvalue weighted by Gasteiger charge is -2.21. The molecule has 1 amide bonds. The summed E-state index contributed by atoms with van der Waals surface area (Å²) >= 11 is 0. The van der Waals surface area contributed by atoms with Crippen molar-refractivity contribution in [1.29, 1.82) is 0 Å². The molecule has 1 fully saturated rings. The van der Waals surface area contributed by atoms with Gasteiger partial charge in [-0.15, -0.1) is 5.10 Å². The smallest absolute Gasteiger partial charge is 0.416 e. The zero-order chi connectivity index (χ0) is 27.6. The van der Waals surface area contributed by atoms with Crippen LogP contribution in [0.4, 0.5) is 18.9 Å². The van der Waals surface area contributed by atoms with E-state index in [2.05, 4.69) is 25.5 Å². The van der Waals surface area contributed by atoms with Crippen molar-refractivity contribution in [3.63, 3.8) is 0 Å². The first-order chi connectivity index (χ1) is 18.7. The van der Waals surface area contributed by atoms with Gasteiger partial charge in [0.25, 0.3) is 5.91 Å². The van der Waals surface area contributed by atoms with Crippen molar-refractivity contribution in [1.82, 2.24) is 24.9 Å². The number of likely N-dealkylation sites (tertiary alicyclic amines) is 1. The number of carbonyl (C=O) groups excluding carboxylic acids is 1. The fourth-order valence-electron chi connectivity index (χ4n) is 4.71. The molecule has 2 aromatic carbocycles. The van der Waals surface area contributed by atoms with Crippen LogP contribution in [0, 0.1) is 6.92 Å². The summed E-state index contributed by atoms with van der Waals surface area (Å²) in [6.45, 7) is 3.77. The second kappa shape index (κ2) is 10.9. The predicted octanol–water partition coefficient (Wildman–Crippen LogP) is 5.51. The minimum atomic E-state index is -4.58. The maximum Gasteiger partial charge on any atom is 0.416 e. The Morgan fingerprint density at radius 2 is 1.92 bits per heavy atom. The van der Waals surface area contributed by atoms with Crippen LogP contribution in [0.2, 0.25) is 0 Å². The molecule has 0 bridgehead atoms. The largest absolute Gasteiger partial charge is 0.494 e. The average Bonchev–Trinajstić information content (AvgIpc) is 3.61. The van der Waals surface area contributed by atoms with Crippen LogP contribution in [0.5, 0.6) is 5.75 Å². The van der Waals surface area contributed by atoms with Gasteiger partial charge in [0, 0.05) is 35.6 Å². The molecule has 0 spiro atoms. The van der Waals surface area contributed by atoms with E-state index in [1.54, 1.807) is 47.5 Å². The molecule has 1 aliphatic heterocycles. The van der Waals surface area contributed by atoms with Crippen LogP contribution in [0.3, 0.4) is 0 Å². The third kappa shape index (κ3) is 5.78. The highest BCUT2D eigenvalue weighted by Crippen LogP contribution is 2.39. The van der Waals surface area contributed by atoms with Crippen molar-refractivity contribution in [2.24, 2.45) is 0 Å². The lowest BCUT2D eigenvalue weighted by molar-refractivity contribution is -0.137. The molecule has 0 unspecified atom stereocenters. The summed E-state index contributed by atoms with van der Waals surface area (Å²) in [7, 11) is 1.39. The highest BCUT2D eigenvalue weighted by molar-refractivity contribution is 6.05. The molecule has 2 aromatic heterocycles. The molecule has 11 heteroatoms. The van der Waals surface area contributed by atoms with Crippen LogP contribution >= 0.6 is 0 Å². The Morgan fingerprint density at radius 3 is 2.62 bits per heavy atom. The van der Waals surface area contributed by atoms with Gasteiger partial charge in [0.1, 0.15) is 11.4 Å². The van der Waals surface area contributed by atoms with Gasteiger partial charge < -0.3 is 10.1 Å². The molecule has 1 aliphatic rings. The van der Waals surface area contributed by atoms with Crippen LogP contribution in [-0.2, 0) is 12.7 Å². The SMILES string of the molecule is COc1c(CN2CCCC2)cc(C(F)(F)F)cc1NC(=O)c1ccc(C)c(-n2cc(-c3cccnc3)nn2)c1. The fourth-order valence-corrected chi connectivity index (χ4v) is 4.71. The monoisotopic (exact) mass is 536 g/mol. The number of hydrogen-bond donors (Lipinski definition) is 1.